The topological polar surface area (TPSA) is 61.4 Å². The second kappa shape index (κ2) is 7.85. The van der Waals surface area contributed by atoms with Gasteiger partial charge in [-0.1, -0.05) is 13.3 Å². The van der Waals surface area contributed by atoms with E-state index < -0.39 is 5.60 Å². The molecule has 0 spiro atoms. The Balaban J connectivity index is 2.13. The number of amides is 1. The van der Waals surface area contributed by atoms with Crippen molar-refractivity contribution in [1.82, 2.24) is 10.6 Å². The number of aliphatic hydroxyl groups is 1. The molecule has 0 aliphatic heterocycles. The molecule has 0 aromatic rings. The SMILES string of the molecule is CCC1CCC(O)(CNCCC(=O)NC(C)C)CC1. The summed E-state index contributed by atoms with van der Waals surface area (Å²) >= 11 is 0. The lowest BCUT2D eigenvalue weighted by Gasteiger charge is -2.36. The fraction of sp³-hybridized carbons (Fsp3) is 0.933. The molecule has 0 atom stereocenters. The maximum atomic E-state index is 11.5. The van der Waals surface area contributed by atoms with Gasteiger partial charge in [-0.05, 0) is 45.4 Å². The Kier molecular flexibility index (Phi) is 6.80. The lowest BCUT2D eigenvalue weighted by atomic mass is 9.78. The van der Waals surface area contributed by atoms with Crippen LogP contribution in [0.1, 0.15) is 59.3 Å². The third-order valence-electron chi connectivity index (χ3n) is 4.05. The smallest absolute Gasteiger partial charge is 0.221 e. The lowest BCUT2D eigenvalue weighted by molar-refractivity contribution is -0.121. The molecule has 0 heterocycles. The standard InChI is InChI=1S/C15H30N2O2/c1-4-13-5-8-15(19,9-6-13)11-16-10-7-14(18)17-12(2)3/h12-13,16,19H,4-11H2,1-3H3,(H,17,18). The van der Waals surface area contributed by atoms with Gasteiger partial charge in [-0.3, -0.25) is 4.79 Å². The molecule has 112 valence electrons. The average molecular weight is 270 g/mol. The maximum Gasteiger partial charge on any atom is 0.221 e. The summed E-state index contributed by atoms with van der Waals surface area (Å²) in [5.41, 5.74) is -0.555. The minimum atomic E-state index is -0.555. The van der Waals surface area contributed by atoms with E-state index in [1.54, 1.807) is 0 Å². The second-order valence-corrected chi connectivity index (χ2v) is 6.22. The van der Waals surface area contributed by atoms with Crippen LogP contribution in [0.2, 0.25) is 0 Å². The molecule has 1 aliphatic rings. The van der Waals surface area contributed by atoms with Gasteiger partial charge in [0.1, 0.15) is 0 Å². The fourth-order valence-corrected chi connectivity index (χ4v) is 2.72. The van der Waals surface area contributed by atoms with E-state index in [1.807, 2.05) is 13.8 Å². The third-order valence-corrected chi connectivity index (χ3v) is 4.05. The average Bonchev–Trinajstić information content (AvgIpc) is 2.35. The first kappa shape index (κ1) is 16.4. The predicted octanol–water partition coefficient (Wildman–Crippen LogP) is 1.82. The normalized spacial score (nSPS) is 27.5. The van der Waals surface area contributed by atoms with E-state index in [0.717, 1.165) is 31.6 Å². The molecule has 0 unspecified atom stereocenters. The summed E-state index contributed by atoms with van der Waals surface area (Å²) in [5.74, 6) is 0.862. The molecule has 1 aliphatic carbocycles. The van der Waals surface area contributed by atoms with Gasteiger partial charge in [-0.2, -0.15) is 0 Å². The van der Waals surface area contributed by atoms with Crippen molar-refractivity contribution in [3.8, 4) is 0 Å². The quantitative estimate of drug-likeness (QED) is 0.618. The summed E-state index contributed by atoms with van der Waals surface area (Å²) in [4.78, 5) is 11.5. The number of rotatable bonds is 7. The molecule has 1 amide bonds. The van der Waals surface area contributed by atoms with Gasteiger partial charge in [0.25, 0.3) is 0 Å². The zero-order valence-corrected chi connectivity index (χ0v) is 12.7. The van der Waals surface area contributed by atoms with E-state index in [-0.39, 0.29) is 11.9 Å². The van der Waals surface area contributed by atoms with Gasteiger partial charge in [-0.25, -0.2) is 0 Å². The highest BCUT2D eigenvalue weighted by Gasteiger charge is 2.31. The van der Waals surface area contributed by atoms with Crippen molar-refractivity contribution in [3.63, 3.8) is 0 Å². The highest BCUT2D eigenvalue weighted by Crippen LogP contribution is 2.33. The van der Waals surface area contributed by atoms with Crippen molar-refractivity contribution < 1.29 is 9.90 Å². The van der Waals surface area contributed by atoms with Gasteiger partial charge in [-0.15, -0.1) is 0 Å². The van der Waals surface area contributed by atoms with Gasteiger partial charge >= 0.3 is 0 Å². The number of carbonyl (C=O) groups is 1. The number of carbonyl (C=O) groups excluding carboxylic acids is 1. The first-order valence-electron chi connectivity index (χ1n) is 7.67. The molecule has 1 fully saturated rings. The van der Waals surface area contributed by atoms with E-state index in [1.165, 1.54) is 6.42 Å². The van der Waals surface area contributed by atoms with Crippen molar-refractivity contribution in [2.45, 2.75) is 70.9 Å². The van der Waals surface area contributed by atoms with E-state index in [0.29, 0.717) is 19.5 Å². The van der Waals surface area contributed by atoms with Crippen LogP contribution in [0.4, 0.5) is 0 Å². The minimum Gasteiger partial charge on any atom is -0.389 e. The number of nitrogens with one attached hydrogen (secondary N) is 2. The minimum absolute atomic E-state index is 0.0733. The van der Waals surface area contributed by atoms with Crippen LogP contribution < -0.4 is 10.6 Å². The molecule has 1 saturated carbocycles. The van der Waals surface area contributed by atoms with Crippen molar-refractivity contribution in [2.75, 3.05) is 13.1 Å². The van der Waals surface area contributed by atoms with Gasteiger partial charge < -0.3 is 15.7 Å². The van der Waals surface area contributed by atoms with Gasteiger partial charge in [0.2, 0.25) is 5.91 Å². The Morgan fingerprint density at radius 1 is 1.37 bits per heavy atom. The van der Waals surface area contributed by atoms with Crippen molar-refractivity contribution in [2.24, 2.45) is 5.92 Å². The van der Waals surface area contributed by atoms with Gasteiger partial charge in [0, 0.05) is 25.6 Å². The first-order valence-corrected chi connectivity index (χ1v) is 7.67. The zero-order chi connectivity index (χ0) is 14.3. The summed E-state index contributed by atoms with van der Waals surface area (Å²) in [5, 5.41) is 16.5. The molecule has 1 rings (SSSR count). The molecule has 0 aromatic carbocycles. The molecule has 0 aromatic heterocycles. The highest BCUT2D eigenvalue weighted by atomic mass is 16.3. The molecule has 0 saturated heterocycles. The predicted molar refractivity (Wildman–Crippen MR) is 78.0 cm³/mol. The Bertz CT molecular complexity index is 271. The first-order chi connectivity index (χ1) is 8.95. The summed E-state index contributed by atoms with van der Waals surface area (Å²) in [6, 6.07) is 0.195. The van der Waals surface area contributed by atoms with Crippen molar-refractivity contribution in [3.05, 3.63) is 0 Å². The Morgan fingerprint density at radius 2 is 2.00 bits per heavy atom. The molecule has 19 heavy (non-hydrogen) atoms. The molecule has 0 bridgehead atoms. The van der Waals surface area contributed by atoms with Crippen LogP contribution in [-0.2, 0) is 4.79 Å². The third kappa shape index (κ3) is 6.39. The maximum absolute atomic E-state index is 11.5. The summed E-state index contributed by atoms with van der Waals surface area (Å²) < 4.78 is 0. The van der Waals surface area contributed by atoms with Crippen LogP contribution in [0.25, 0.3) is 0 Å². The number of hydrogen-bond acceptors (Lipinski definition) is 3. The number of hydrogen-bond donors (Lipinski definition) is 3. The molecule has 4 nitrogen and oxygen atoms in total. The lowest BCUT2D eigenvalue weighted by Crippen LogP contribution is -2.44. The highest BCUT2D eigenvalue weighted by molar-refractivity contribution is 5.76. The summed E-state index contributed by atoms with van der Waals surface area (Å²) in [6.07, 6.45) is 5.73. The fourth-order valence-electron chi connectivity index (χ4n) is 2.72. The van der Waals surface area contributed by atoms with Gasteiger partial charge in [0.15, 0.2) is 0 Å². The summed E-state index contributed by atoms with van der Waals surface area (Å²) in [6.45, 7) is 7.39. The molecular weight excluding hydrogens is 240 g/mol. The molecule has 0 radical (unpaired) electrons. The van der Waals surface area contributed by atoms with Crippen LogP contribution in [0, 0.1) is 5.92 Å². The van der Waals surface area contributed by atoms with Crippen molar-refractivity contribution in [1.29, 1.82) is 0 Å². The van der Waals surface area contributed by atoms with Crippen LogP contribution in [-0.4, -0.2) is 35.7 Å². The Hall–Kier alpha value is -0.610. The van der Waals surface area contributed by atoms with Crippen LogP contribution in [0.15, 0.2) is 0 Å². The molecule has 4 heteroatoms. The summed E-state index contributed by atoms with van der Waals surface area (Å²) in [7, 11) is 0. The largest absolute Gasteiger partial charge is 0.389 e. The van der Waals surface area contributed by atoms with E-state index in [2.05, 4.69) is 17.6 Å². The Morgan fingerprint density at radius 3 is 2.53 bits per heavy atom. The van der Waals surface area contributed by atoms with Crippen LogP contribution in [0.3, 0.4) is 0 Å². The van der Waals surface area contributed by atoms with E-state index in [4.69, 9.17) is 0 Å². The zero-order valence-electron chi connectivity index (χ0n) is 12.7. The molecular formula is C15H30N2O2. The van der Waals surface area contributed by atoms with E-state index >= 15 is 0 Å². The molecule has 3 N–H and O–H groups in total. The Labute approximate surface area is 117 Å². The second-order valence-electron chi connectivity index (χ2n) is 6.22. The van der Waals surface area contributed by atoms with Gasteiger partial charge in [0.05, 0.1) is 5.60 Å². The van der Waals surface area contributed by atoms with Crippen molar-refractivity contribution >= 4 is 5.91 Å². The van der Waals surface area contributed by atoms with E-state index in [9.17, 15) is 9.90 Å². The monoisotopic (exact) mass is 270 g/mol. The van der Waals surface area contributed by atoms with Crippen LogP contribution in [0.5, 0.6) is 0 Å². The van der Waals surface area contributed by atoms with Crippen LogP contribution >= 0.6 is 0 Å².